The number of rotatable bonds is 4. The average Bonchev–Trinajstić information content (AvgIpc) is 2.80. The molecule has 6 heteroatoms. The molecule has 33 heavy (non-hydrogen) atoms. The molecular formula is C27H25Br2NO3. The first-order valence-electron chi connectivity index (χ1n) is 11.4. The zero-order valence-electron chi connectivity index (χ0n) is 18.5. The number of ketones is 2. The molecule has 2 aliphatic carbocycles. The van der Waals surface area contributed by atoms with Crippen molar-refractivity contribution in [2.75, 3.05) is 7.05 Å². The van der Waals surface area contributed by atoms with Gasteiger partial charge in [-0.3, -0.25) is 9.59 Å². The highest BCUT2D eigenvalue weighted by molar-refractivity contribution is 9.11. The highest BCUT2D eigenvalue weighted by Gasteiger charge is 2.42. The van der Waals surface area contributed by atoms with Crippen LogP contribution in [0.3, 0.4) is 0 Å². The maximum atomic E-state index is 13.2. The molecule has 1 heterocycles. The van der Waals surface area contributed by atoms with Gasteiger partial charge in [0.2, 0.25) is 0 Å². The Morgan fingerprint density at radius 3 is 1.97 bits per heavy atom. The molecule has 0 spiro atoms. The van der Waals surface area contributed by atoms with Crippen LogP contribution in [0.4, 0.5) is 0 Å². The van der Waals surface area contributed by atoms with Gasteiger partial charge in [-0.2, -0.15) is 0 Å². The predicted molar refractivity (Wildman–Crippen MR) is 135 cm³/mol. The van der Waals surface area contributed by atoms with Crippen LogP contribution in [0, 0.1) is 0 Å². The molecule has 0 unspecified atom stereocenters. The van der Waals surface area contributed by atoms with Gasteiger partial charge in [0.05, 0.1) is 8.95 Å². The zero-order chi connectivity index (χ0) is 23.1. The Bertz CT molecular complexity index is 1130. The summed E-state index contributed by atoms with van der Waals surface area (Å²) < 4.78 is 7.72. The molecule has 170 valence electrons. The van der Waals surface area contributed by atoms with Crippen molar-refractivity contribution >= 4 is 43.4 Å². The number of ether oxygens (including phenoxy) is 1. The highest BCUT2D eigenvalue weighted by Crippen LogP contribution is 2.50. The molecule has 0 saturated heterocycles. The Morgan fingerprint density at radius 1 is 0.879 bits per heavy atom. The zero-order valence-corrected chi connectivity index (χ0v) is 21.7. The minimum absolute atomic E-state index is 0.162. The molecule has 4 nitrogen and oxygen atoms in total. The first-order chi connectivity index (χ1) is 16.0. The highest BCUT2D eigenvalue weighted by atomic mass is 79.9. The second kappa shape index (κ2) is 9.22. The van der Waals surface area contributed by atoms with Gasteiger partial charge >= 0.3 is 0 Å². The van der Waals surface area contributed by atoms with Gasteiger partial charge in [0.1, 0.15) is 12.4 Å². The second-order valence-corrected chi connectivity index (χ2v) is 10.6. The number of hydrogen-bond donors (Lipinski definition) is 0. The third kappa shape index (κ3) is 4.12. The topological polar surface area (TPSA) is 46.6 Å². The van der Waals surface area contributed by atoms with Crippen molar-refractivity contribution in [3.05, 3.63) is 85.1 Å². The average molecular weight is 571 g/mol. The third-order valence-corrected chi connectivity index (χ3v) is 8.00. The fourth-order valence-electron chi connectivity index (χ4n) is 5.30. The number of halogens is 2. The van der Waals surface area contributed by atoms with E-state index in [1.807, 2.05) is 49.5 Å². The maximum absolute atomic E-state index is 13.2. The molecule has 0 atom stereocenters. The maximum Gasteiger partial charge on any atom is 0.161 e. The molecule has 0 saturated carbocycles. The quantitative estimate of drug-likeness (QED) is 0.404. The molecular weight excluding hydrogens is 546 g/mol. The van der Waals surface area contributed by atoms with E-state index in [1.165, 1.54) is 0 Å². The van der Waals surface area contributed by atoms with Crippen LogP contribution < -0.4 is 4.74 Å². The summed E-state index contributed by atoms with van der Waals surface area (Å²) in [6.45, 7) is 0.452. The molecule has 2 aromatic carbocycles. The summed E-state index contributed by atoms with van der Waals surface area (Å²) in [4.78, 5) is 28.5. The van der Waals surface area contributed by atoms with Crippen molar-refractivity contribution in [3.8, 4) is 5.75 Å². The van der Waals surface area contributed by atoms with Crippen molar-refractivity contribution in [2.45, 2.75) is 51.0 Å². The van der Waals surface area contributed by atoms with Crippen molar-refractivity contribution in [1.82, 2.24) is 4.90 Å². The molecule has 0 bridgehead atoms. The van der Waals surface area contributed by atoms with E-state index in [-0.39, 0.29) is 17.5 Å². The van der Waals surface area contributed by atoms with Crippen LogP contribution in [0.1, 0.15) is 55.6 Å². The molecule has 1 aliphatic heterocycles. The van der Waals surface area contributed by atoms with E-state index in [4.69, 9.17) is 4.74 Å². The van der Waals surface area contributed by atoms with E-state index in [2.05, 4.69) is 36.8 Å². The summed E-state index contributed by atoms with van der Waals surface area (Å²) in [6, 6.07) is 14.0. The third-order valence-electron chi connectivity index (χ3n) is 6.82. The normalized spacial score (nSPS) is 19.1. The fraction of sp³-hybridized carbons (Fsp3) is 0.333. The van der Waals surface area contributed by atoms with Crippen molar-refractivity contribution in [3.63, 3.8) is 0 Å². The number of benzene rings is 2. The summed E-state index contributed by atoms with van der Waals surface area (Å²) in [5, 5.41) is 0. The minimum atomic E-state index is -0.317. The van der Waals surface area contributed by atoms with Gasteiger partial charge in [-0.1, -0.05) is 30.3 Å². The Kier molecular flexibility index (Phi) is 6.32. The lowest BCUT2D eigenvalue weighted by molar-refractivity contribution is -0.117. The smallest absolute Gasteiger partial charge is 0.161 e. The first-order valence-corrected chi connectivity index (χ1v) is 13.0. The largest absolute Gasteiger partial charge is 0.487 e. The summed E-state index contributed by atoms with van der Waals surface area (Å²) >= 11 is 7.38. The number of Topliss-reactive ketones (excluding diaryl/α,β-unsaturated/α-hetero) is 2. The van der Waals surface area contributed by atoms with Crippen molar-refractivity contribution < 1.29 is 14.3 Å². The molecule has 0 N–H and O–H groups in total. The summed E-state index contributed by atoms with van der Waals surface area (Å²) in [6.07, 6.45) is 4.57. The number of carbonyl (C=O) groups is 2. The van der Waals surface area contributed by atoms with Gasteiger partial charge in [0, 0.05) is 48.3 Å². The fourth-order valence-corrected chi connectivity index (χ4v) is 6.75. The summed E-state index contributed by atoms with van der Waals surface area (Å²) in [5.41, 5.74) is 5.80. The van der Waals surface area contributed by atoms with E-state index < -0.39 is 0 Å². The number of allylic oxidation sites excluding steroid dienone is 4. The standard InChI is InChI=1S/C27H25Br2NO3/c1-30-20-9-5-11-22(31)25(20)24(26-21(30)10-6-12-23(26)32)17-13-18(28)27(19(29)14-17)33-15-16-7-3-2-4-8-16/h2-4,7-8,13-14,24H,5-6,9-12,15H2,1H3. The van der Waals surface area contributed by atoms with Crippen LogP contribution in [0.25, 0.3) is 0 Å². The van der Waals surface area contributed by atoms with E-state index >= 15 is 0 Å². The van der Waals surface area contributed by atoms with Gasteiger partial charge < -0.3 is 9.64 Å². The minimum Gasteiger partial charge on any atom is -0.487 e. The van der Waals surface area contributed by atoms with Gasteiger partial charge in [-0.05, 0) is 80.8 Å². The Morgan fingerprint density at radius 2 is 1.42 bits per heavy atom. The summed E-state index contributed by atoms with van der Waals surface area (Å²) in [5.74, 6) is 0.718. The Hall–Kier alpha value is -2.18. The Labute approximate surface area is 210 Å². The van der Waals surface area contributed by atoms with Gasteiger partial charge in [-0.25, -0.2) is 0 Å². The molecule has 0 aromatic heterocycles. The van der Waals surface area contributed by atoms with Crippen LogP contribution in [0.15, 0.2) is 74.0 Å². The molecule has 5 rings (SSSR count). The lowest BCUT2D eigenvalue weighted by atomic mass is 9.71. The lowest BCUT2D eigenvalue weighted by Crippen LogP contribution is -2.37. The predicted octanol–water partition coefficient (Wildman–Crippen LogP) is 6.83. The van der Waals surface area contributed by atoms with Crippen molar-refractivity contribution in [1.29, 1.82) is 0 Å². The van der Waals surface area contributed by atoms with Gasteiger partial charge in [0.25, 0.3) is 0 Å². The molecule has 2 aromatic rings. The lowest BCUT2D eigenvalue weighted by Gasteiger charge is -2.42. The van der Waals surface area contributed by atoms with Crippen LogP contribution in [-0.4, -0.2) is 23.5 Å². The van der Waals surface area contributed by atoms with Crippen molar-refractivity contribution in [2.24, 2.45) is 0 Å². The molecule has 0 radical (unpaired) electrons. The SMILES string of the molecule is CN1C2=C(C(=O)CCC2)C(c2cc(Br)c(OCc3ccccc3)c(Br)c2)C2=C1CCCC2=O. The van der Waals surface area contributed by atoms with Crippen LogP contribution in [0.2, 0.25) is 0 Å². The van der Waals surface area contributed by atoms with E-state index in [9.17, 15) is 9.59 Å². The van der Waals surface area contributed by atoms with E-state index in [0.717, 1.165) is 68.3 Å². The molecule has 0 amide bonds. The monoisotopic (exact) mass is 569 g/mol. The molecule has 0 fully saturated rings. The van der Waals surface area contributed by atoms with Crippen LogP contribution in [0.5, 0.6) is 5.75 Å². The van der Waals surface area contributed by atoms with Crippen LogP contribution in [-0.2, 0) is 16.2 Å². The molecule has 3 aliphatic rings. The number of nitrogens with zero attached hydrogens (tertiary/aromatic N) is 1. The van der Waals surface area contributed by atoms with E-state index in [1.54, 1.807) is 0 Å². The number of carbonyl (C=O) groups excluding carboxylic acids is 2. The van der Waals surface area contributed by atoms with Gasteiger partial charge in [0.15, 0.2) is 11.6 Å². The van der Waals surface area contributed by atoms with Crippen LogP contribution >= 0.6 is 31.9 Å². The van der Waals surface area contributed by atoms with Gasteiger partial charge in [-0.15, -0.1) is 0 Å². The summed E-state index contributed by atoms with van der Waals surface area (Å²) in [7, 11) is 2.02. The second-order valence-electron chi connectivity index (χ2n) is 8.85. The first kappa shape index (κ1) is 22.6. The Balaban J connectivity index is 1.57. The van der Waals surface area contributed by atoms with E-state index in [0.29, 0.717) is 25.2 Å². The number of hydrogen-bond acceptors (Lipinski definition) is 4.